The Labute approximate surface area is 96.8 Å². The number of hydrogen-bond donors (Lipinski definition) is 0. The molecule has 0 unspecified atom stereocenters. The molecule has 0 aromatic carbocycles. The van der Waals surface area contributed by atoms with E-state index in [0.29, 0.717) is 5.92 Å². The average molecular weight is 273 g/mol. The number of hydrogen-bond acceptors (Lipinski definition) is 2. The number of halogens is 1. The first-order valence-corrected chi connectivity index (χ1v) is 7.18. The van der Waals surface area contributed by atoms with Gasteiger partial charge in [-0.15, -0.1) is 11.8 Å². The van der Waals surface area contributed by atoms with E-state index in [4.69, 9.17) is 4.42 Å². The fourth-order valence-corrected chi connectivity index (χ4v) is 4.45. The van der Waals surface area contributed by atoms with Gasteiger partial charge in [-0.05, 0) is 28.8 Å². The Kier molecular flexibility index (Phi) is 2.40. The van der Waals surface area contributed by atoms with E-state index in [2.05, 4.69) is 15.9 Å². The summed E-state index contributed by atoms with van der Waals surface area (Å²) in [4.78, 5) is 0. The molecule has 1 aliphatic heterocycles. The van der Waals surface area contributed by atoms with Crippen LogP contribution in [0.4, 0.5) is 0 Å². The Morgan fingerprint density at radius 1 is 1.21 bits per heavy atom. The Morgan fingerprint density at radius 2 is 2.00 bits per heavy atom. The number of rotatable bonds is 1. The predicted octanol–water partition coefficient (Wildman–Crippen LogP) is 4.45. The van der Waals surface area contributed by atoms with Gasteiger partial charge in [-0.1, -0.05) is 12.8 Å². The van der Waals surface area contributed by atoms with Gasteiger partial charge < -0.3 is 4.42 Å². The van der Waals surface area contributed by atoms with Gasteiger partial charge in [0.05, 0.1) is 10.2 Å². The third-order valence-electron chi connectivity index (χ3n) is 3.26. The van der Waals surface area contributed by atoms with Crippen molar-refractivity contribution >= 4 is 27.7 Å². The van der Waals surface area contributed by atoms with Gasteiger partial charge in [0.2, 0.25) is 0 Å². The molecule has 14 heavy (non-hydrogen) atoms. The van der Waals surface area contributed by atoms with Crippen LogP contribution in [0, 0.1) is 0 Å². The maximum absolute atomic E-state index is 5.97. The minimum absolute atomic E-state index is 0.694. The van der Waals surface area contributed by atoms with Crippen molar-refractivity contribution in [1.82, 2.24) is 0 Å². The van der Waals surface area contributed by atoms with Gasteiger partial charge in [0, 0.05) is 17.2 Å². The molecule has 0 spiro atoms. The fourth-order valence-electron chi connectivity index (χ4n) is 2.47. The molecule has 2 aliphatic rings. The number of thioether (sulfide) groups is 1. The van der Waals surface area contributed by atoms with Gasteiger partial charge in [-0.2, -0.15) is 0 Å². The van der Waals surface area contributed by atoms with Crippen LogP contribution >= 0.6 is 27.7 Å². The monoisotopic (exact) mass is 272 g/mol. The van der Waals surface area contributed by atoms with Gasteiger partial charge in [0.15, 0.2) is 0 Å². The van der Waals surface area contributed by atoms with Gasteiger partial charge in [-0.25, -0.2) is 0 Å². The van der Waals surface area contributed by atoms with Gasteiger partial charge >= 0.3 is 0 Å². The van der Waals surface area contributed by atoms with Crippen LogP contribution in [0.3, 0.4) is 0 Å². The van der Waals surface area contributed by atoms with Gasteiger partial charge in [-0.3, -0.25) is 0 Å². The van der Waals surface area contributed by atoms with Crippen molar-refractivity contribution in [2.24, 2.45) is 0 Å². The summed E-state index contributed by atoms with van der Waals surface area (Å²) in [5, 5.41) is 0. The van der Waals surface area contributed by atoms with E-state index in [9.17, 15) is 0 Å². The van der Waals surface area contributed by atoms with Crippen LogP contribution in [0.15, 0.2) is 8.89 Å². The standard InChI is InChI=1S/C11H13BrOS/c12-10-8-5-14-6-9(8)13-11(10)7-3-1-2-4-7/h7H,1-6H2. The van der Waals surface area contributed by atoms with E-state index in [0.717, 1.165) is 11.5 Å². The molecule has 0 atom stereocenters. The van der Waals surface area contributed by atoms with Crippen LogP contribution in [-0.4, -0.2) is 0 Å². The zero-order valence-corrected chi connectivity index (χ0v) is 10.4. The highest BCUT2D eigenvalue weighted by Crippen LogP contribution is 2.45. The van der Waals surface area contributed by atoms with Crippen LogP contribution in [0.5, 0.6) is 0 Å². The molecular formula is C11H13BrOS. The summed E-state index contributed by atoms with van der Waals surface area (Å²) in [6.45, 7) is 0. The number of furan rings is 1. The van der Waals surface area contributed by atoms with Crippen molar-refractivity contribution < 1.29 is 4.42 Å². The third-order valence-corrected chi connectivity index (χ3v) is 5.09. The van der Waals surface area contributed by atoms with Crippen LogP contribution in [0.25, 0.3) is 0 Å². The molecule has 1 fully saturated rings. The molecule has 0 radical (unpaired) electrons. The first-order chi connectivity index (χ1) is 6.86. The van der Waals surface area contributed by atoms with E-state index in [-0.39, 0.29) is 0 Å². The largest absolute Gasteiger partial charge is 0.463 e. The lowest BCUT2D eigenvalue weighted by Crippen LogP contribution is -1.90. The van der Waals surface area contributed by atoms with Gasteiger partial charge in [0.25, 0.3) is 0 Å². The van der Waals surface area contributed by atoms with Crippen molar-refractivity contribution in [1.29, 1.82) is 0 Å². The van der Waals surface area contributed by atoms with E-state index in [1.54, 1.807) is 0 Å². The van der Waals surface area contributed by atoms with Crippen molar-refractivity contribution in [2.45, 2.75) is 43.1 Å². The van der Waals surface area contributed by atoms with Crippen LogP contribution in [0.2, 0.25) is 0 Å². The highest BCUT2D eigenvalue weighted by Gasteiger charge is 2.28. The van der Waals surface area contributed by atoms with E-state index < -0.39 is 0 Å². The molecule has 2 heterocycles. The quantitative estimate of drug-likeness (QED) is 0.750. The summed E-state index contributed by atoms with van der Waals surface area (Å²) < 4.78 is 7.25. The Hall–Kier alpha value is 0.110. The molecule has 1 nitrogen and oxygen atoms in total. The van der Waals surface area contributed by atoms with E-state index >= 15 is 0 Å². The minimum Gasteiger partial charge on any atom is -0.463 e. The van der Waals surface area contributed by atoms with Crippen molar-refractivity contribution in [3.63, 3.8) is 0 Å². The minimum atomic E-state index is 0.694. The van der Waals surface area contributed by atoms with Crippen molar-refractivity contribution in [3.8, 4) is 0 Å². The first kappa shape index (κ1) is 9.34. The second-order valence-corrected chi connectivity index (χ2v) is 5.93. The molecule has 76 valence electrons. The second kappa shape index (κ2) is 3.60. The molecule has 1 aromatic rings. The lowest BCUT2D eigenvalue weighted by Gasteiger charge is -2.06. The molecule has 0 N–H and O–H groups in total. The molecule has 0 bridgehead atoms. The van der Waals surface area contributed by atoms with E-state index in [1.807, 2.05) is 11.8 Å². The molecule has 3 heteroatoms. The highest BCUT2D eigenvalue weighted by atomic mass is 79.9. The predicted molar refractivity (Wildman–Crippen MR) is 62.6 cm³/mol. The smallest absolute Gasteiger partial charge is 0.121 e. The summed E-state index contributed by atoms with van der Waals surface area (Å²) in [5.74, 6) is 5.36. The zero-order valence-electron chi connectivity index (χ0n) is 8.01. The summed E-state index contributed by atoms with van der Waals surface area (Å²) in [5.41, 5.74) is 1.43. The van der Waals surface area contributed by atoms with Crippen LogP contribution < -0.4 is 0 Å². The Morgan fingerprint density at radius 3 is 2.71 bits per heavy atom. The summed E-state index contributed by atoms with van der Waals surface area (Å²) in [6.07, 6.45) is 5.38. The number of fused-ring (bicyclic) bond motifs is 1. The average Bonchev–Trinajstić information content (AvgIpc) is 2.84. The Bertz CT molecular complexity index is 352. The van der Waals surface area contributed by atoms with Crippen LogP contribution in [-0.2, 0) is 11.5 Å². The topological polar surface area (TPSA) is 13.1 Å². The molecule has 0 amide bonds. The molecular weight excluding hydrogens is 260 g/mol. The normalized spacial score (nSPS) is 21.8. The molecule has 0 saturated heterocycles. The Balaban J connectivity index is 1.98. The molecule has 1 saturated carbocycles. The summed E-state index contributed by atoms with van der Waals surface area (Å²) >= 11 is 5.66. The SMILES string of the molecule is Brc1c(C2CCCC2)oc2c1CSC2. The second-order valence-electron chi connectivity index (χ2n) is 4.16. The third kappa shape index (κ3) is 1.36. The zero-order chi connectivity index (χ0) is 9.54. The molecule has 3 rings (SSSR count). The first-order valence-electron chi connectivity index (χ1n) is 5.24. The molecule has 1 aromatic heterocycles. The lowest BCUT2D eigenvalue weighted by molar-refractivity contribution is 0.440. The van der Waals surface area contributed by atoms with Crippen molar-refractivity contribution in [2.75, 3.05) is 0 Å². The molecule has 1 aliphatic carbocycles. The fraction of sp³-hybridized carbons (Fsp3) is 0.636. The van der Waals surface area contributed by atoms with E-state index in [1.165, 1.54) is 47.2 Å². The van der Waals surface area contributed by atoms with Crippen molar-refractivity contribution in [3.05, 3.63) is 21.6 Å². The lowest BCUT2D eigenvalue weighted by atomic mass is 10.1. The van der Waals surface area contributed by atoms with Crippen LogP contribution in [0.1, 0.15) is 48.7 Å². The summed E-state index contributed by atoms with van der Waals surface area (Å²) in [7, 11) is 0. The summed E-state index contributed by atoms with van der Waals surface area (Å²) in [6, 6.07) is 0. The van der Waals surface area contributed by atoms with Gasteiger partial charge in [0.1, 0.15) is 11.5 Å². The highest BCUT2D eigenvalue weighted by molar-refractivity contribution is 9.10. The maximum atomic E-state index is 5.97. The maximum Gasteiger partial charge on any atom is 0.121 e.